The smallest absolute Gasteiger partial charge is 0.220 e. The van der Waals surface area contributed by atoms with Crippen molar-refractivity contribution in [2.45, 2.75) is 38.6 Å². The first-order valence-corrected chi connectivity index (χ1v) is 8.30. The molecular weight excluding hydrogens is 305 g/mol. The van der Waals surface area contributed by atoms with Crippen LogP contribution in [0.15, 0.2) is 48.5 Å². The van der Waals surface area contributed by atoms with Gasteiger partial charge in [-0.1, -0.05) is 37.6 Å². The van der Waals surface area contributed by atoms with E-state index in [1.165, 1.54) is 12.1 Å². The Labute approximate surface area is 142 Å². The maximum atomic E-state index is 13.1. The van der Waals surface area contributed by atoms with Gasteiger partial charge in [-0.2, -0.15) is 0 Å². The Hall–Kier alpha value is -2.36. The minimum Gasteiger partial charge on any atom is -0.497 e. The van der Waals surface area contributed by atoms with E-state index in [4.69, 9.17) is 4.74 Å². The summed E-state index contributed by atoms with van der Waals surface area (Å²) in [4.78, 5) is 12.2. The van der Waals surface area contributed by atoms with E-state index < -0.39 is 0 Å². The first-order valence-electron chi connectivity index (χ1n) is 8.30. The van der Waals surface area contributed by atoms with Crippen molar-refractivity contribution in [1.29, 1.82) is 0 Å². The highest BCUT2D eigenvalue weighted by atomic mass is 19.1. The molecule has 1 atom stereocenters. The Morgan fingerprint density at radius 3 is 2.38 bits per heavy atom. The van der Waals surface area contributed by atoms with Crippen molar-refractivity contribution in [3.63, 3.8) is 0 Å². The van der Waals surface area contributed by atoms with Crippen LogP contribution >= 0.6 is 0 Å². The molecule has 2 aromatic rings. The third-order valence-corrected chi connectivity index (χ3v) is 3.96. The fourth-order valence-corrected chi connectivity index (χ4v) is 2.55. The van der Waals surface area contributed by atoms with Crippen molar-refractivity contribution in [3.8, 4) is 5.75 Å². The molecule has 0 aromatic heterocycles. The molecule has 24 heavy (non-hydrogen) atoms. The summed E-state index contributed by atoms with van der Waals surface area (Å²) in [5.41, 5.74) is 1.98. The number of methoxy groups -OCH3 is 1. The lowest BCUT2D eigenvalue weighted by Gasteiger charge is -2.20. The average Bonchev–Trinajstić information content (AvgIpc) is 2.61. The van der Waals surface area contributed by atoms with Crippen LogP contribution in [0.2, 0.25) is 0 Å². The van der Waals surface area contributed by atoms with Crippen LogP contribution in [0.1, 0.15) is 43.4 Å². The number of nitrogens with one attached hydrogen (secondary N) is 1. The lowest BCUT2D eigenvalue weighted by molar-refractivity contribution is -0.121. The predicted octanol–water partition coefficient (Wildman–Crippen LogP) is 4.42. The Kier molecular flexibility index (Phi) is 6.79. The van der Waals surface area contributed by atoms with Crippen molar-refractivity contribution < 1.29 is 13.9 Å². The number of benzene rings is 2. The van der Waals surface area contributed by atoms with Gasteiger partial charge in [-0.3, -0.25) is 4.79 Å². The maximum absolute atomic E-state index is 13.1. The van der Waals surface area contributed by atoms with Gasteiger partial charge in [0.1, 0.15) is 11.6 Å². The summed E-state index contributed by atoms with van der Waals surface area (Å²) >= 11 is 0. The van der Waals surface area contributed by atoms with Crippen LogP contribution in [0.3, 0.4) is 0 Å². The van der Waals surface area contributed by atoms with Gasteiger partial charge in [-0.15, -0.1) is 0 Å². The molecular formula is C20H24FNO2. The molecule has 4 heteroatoms. The summed E-state index contributed by atoms with van der Waals surface area (Å²) in [7, 11) is 1.62. The number of carbonyl (C=O) groups is 1. The molecule has 2 rings (SSSR count). The summed E-state index contributed by atoms with van der Waals surface area (Å²) in [6.07, 6.45) is 2.99. The zero-order chi connectivity index (χ0) is 17.4. The number of amides is 1. The molecule has 1 unspecified atom stereocenters. The zero-order valence-electron chi connectivity index (χ0n) is 14.2. The van der Waals surface area contributed by atoms with Crippen molar-refractivity contribution in [3.05, 3.63) is 65.5 Å². The normalized spacial score (nSPS) is 11.8. The molecule has 0 radical (unpaired) electrons. The Bertz CT molecular complexity index is 638. The Morgan fingerprint density at radius 1 is 1.12 bits per heavy atom. The van der Waals surface area contributed by atoms with Crippen LogP contribution in [-0.2, 0) is 11.2 Å². The van der Waals surface area contributed by atoms with Crippen LogP contribution in [0.5, 0.6) is 5.75 Å². The number of ether oxygens (including phenoxy) is 1. The van der Waals surface area contributed by atoms with Crippen LogP contribution in [0, 0.1) is 5.82 Å². The van der Waals surface area contributed by atoms with Gasteiger partial charge >= 0.3 is 0 Å². The van der Waals surface area contributed by atoms with Gasteiger partial charge in [0.2, 0.25) is 5.91 Å². The van der Waals surface area contributed by atoms with E-state index >= 15 is 0 Å². The fraction of sp³-hybridized carbons (Fsp3) is 0.350. The minimum absolute atomic E-state index is 0.0415. The van der Waals surface area contributed by atoms with Crippen LogP contribution < -0.4 is 10.1 Å². The highest BCUT2D eigenvalue weighted by molar-refractivity contribution is 5.76. The summed E-state index contributed by atoms with van der Waals surface area (Å²) in [5.74, 6) is 0.558. The Morgan fingerprint density at radius 2 is 1.79 bits per heavy atom. The van der Waals surface area contributed by atoms with E-state index in [0.717, 1.165) is 29.7 Å². The van der Waals surface area contributed by atoms with E-state index in [1.807, 2.05) is 24.3 Å². The number of unbranched alkanes of at least 4 members (excludes halogenated alkanes) is 1. The van der Waals surface area contributed by atoms with Crippen molar-refractivity contribution in [2.24, 2.45) is 0 Å². The van der Waals surface area contributed by atoms with E-state index in [-0.39, 0.29) is 17.8 Å². The van der Waals surface area contributed by atoms with Crippen LogP contribution in [-0.4, -0.2) is 13.0 Å². The zero-order valence-corrected chi connectivity index (χ0v) is 14.2. The molecule has 1 amide bonds. The lowest BCUT2D eigenvalue weighted by atomic mass is 9.98. The molecule has 0 bridgehead atoms. The molecule has 0 aliphatic heterocycles. The molecule has 0 saturated carbocycles. The molecule has 0 fully saturated rings. The number of halogens is 1. The number of hydrogen-bond acceptors (Lipinski definition) is 2. The highest BCUT2D eigenvalue weighted by Gasteiger charge is 2.15. The molecule has 0 aliphatic carbocycles. The van der Waals surface area contributed by atoms with Crippen molar-refractivity contribution >= 4 is 5.91 Å². The van der Waals surface area contributed by atoms with E-state index in [0.29, 0.717) is 12.8 Å². The molecule has 0 heterocycles. The number of rotatable bonds is 8. The largest absolute Gasteiger partial charge is 0.497 e. The van der Waals surface area contributed by atoms with Gasteiger partial charge in [0.15, 0.2) is 0 Å². The number of hydrogen-bond donors (Lipinski definition) is 1. The Balaban J connectivity index is 2.15. The van der Waals surface area contributed by atoms with E-state index in [1.54, 1.807) is 19.2 Å². The quantitative estimate of drug-likeness (QED) is 0.778. The second-order valence-corrected chi connectivity index (χ2v) is 5.83. The lowest BCUT2D eigenvalue weighted by Crippen LogP contribution is -2.29. The third-order valence-electron chi connectivity index (χ3n) is 3.96. The highest BCUT2D eigenvalue weighted by Crippen LogP contribution is 2.22. The SMILES string of the molecule is CCCCC(=O)NC(Cc1ccc(F)cc1)c1ccc(OC)cc1. The van der Waals surface area contributed by atoms with Crippen molar-refractivity contribution in [1.82, 2.24) is 5.32 Å². The first kappa shape index (κ1) is 18.0. The first-order chi connectivity index (χ1) is 11.6. The van der Waals surface area contributed by atoms with E-state index in [9.17, 15) is 9.18 Å². The average molecular weight is 329 g/mol. The molecule has 0 spiro atoms. The van der Waals surface area contributed by atoms with Gasteiger partial charge in [-0.25, -0.2) is 4.39 Å². The van der Waals surface area contributed by atoms with E-state index in [2.05, 4.69) is 12.2 Å². The molecule has 3 nitrogen and oxygen atoms in total. The fourth-order valence-electron chi connectivity index (χ4n) is 2.55. The summed E-state index contributed by atoms with van der Waals surface area (Å²) < 4.78 is 18.3. The predicted molar refractivity (Wildman–Crippen MR) is 93.5 cm³/mol. The summed E-state index contributed by atoms with van der Waals surface area (Å²) in [6.45, 7) is 2.06. The van der Waals surface area contributed by atoms with Gasteiger partial charge in [0.05, 0.1) is 13.2 Å². The van der Waals surface area contributed by atoms with Gasteiger partial charge in [0, 0.05) is 6.42 Å². The number of carbonyl (C=O) groups excluding carboxylic acids is 1. The third kappa shape index (κ3) is 5.37. The molecule has 2 aromatic carbocycles. The van der Waals surface area contributed by atoms with Gasteiger partial charge < -0.3 is 10.1 Å². The second-order valence-electron chi connectivity index (χ2n) is 5.83. The van der Waals surface area contributed by atoms with Crippen molar-refractivity contribution in [2.75, 3.05) is 7.11 Å². The standard InChI is InChI=1S/C20H24FNO2/c1-3-4-5-20(23)22-19(14-15-6-10-17(21)11-7-15)16-8-12-18(24-2)13-9-16/h6-13,19H,3-5,14H2,1-2H3,(H,22,23). The second kappa shape index (κ2) is 9.06. The van der Waals surface area contributed by atoms with Gasteiger partial charge in [-0.05, 0) is 48.2 Å². The maximum Gasteiger partial charge on any atom is 0.220 e. The summed E-state index contributed by atoms with van der Waals surface area (Å²) in [6, 6.07) is 13.9. The topological polar surface area (TPSA) is 38.3 Å². The van der Waals surface area contributed by atoms with Gasteiger partial charge in [0.25, 0.3) is 0 Å². The molecule has 0 saturated heterocycles. The molecule has 128 valence electrons. The molecule has 0 aliphatic rings. The van der Waals surface area contributed by atoms with Crippen LogP contribution in [0.4, 0.5) is 4.39 Å². The molecule has 1 N–H and O–H groups in total. The van der Waals surface area contributed by atoms with Crippen LogP contribution in [0.25, 0.3) is 0 Å². The monoisotopic (exact) mass is 329 g/mol. The summed E-state index contributed by atoms with van der Waals surface area (Å²) in [5, 5.41) is 3.10. The minimum atomic E-state index is -0.258.